The SMILES string of the molecule is CC(CC1CCC1)Nc1cc(C(F)(F)F)ccc1F. The zero-order valence-corrected chi connectivity index (χ0v) is 10.7. The van der Waals surface area contributed by atoms with E-state index in [9.17, 15) is 17.6 Å². The first-order chi connectivity index (χ1) is 8.86. The third-order valence-electron chi connectivity index (χ3n) is 3.61. The van der Waals surface area contributed by atoms with Crippen LogP contribution >= 0.6 is 0 Å². The second-order valence-corrected chi connectivity index (χ2v) is 5.27. The van der Waals surface area contributed by atoms with Crippen LogP contribution in [0.3, 0.4) is 0 Å². The third-order valence-corrected chi connectivity index (χ3v) is 3.61. The van der Waals surface area contributed by atoms with Gasteiger partial charge in [0.05, 0.1) is 11.3 Å². The van der Waals surface area contributed by atoms with E-state index in [-0.39, 0.29) is 11.7 Å². The molecule has 0 saturated heterocycles. The molecule has 0 radical (unpaired) electrons. The van der Waals surface area contributed by atoms with Crippen LogP contribution in [0.15, 0.2) is 18.2 Å². The number of hydrogen-bond donors (Lipinski definition) is 1. The maximum absolute atomic E-state index is 13.5. The molecular weight excluding hydrogens is 258 g/mol. The van der Waals surface area contributed by atoms with Crippen LogP contribution in [0.4, 0.5) is 23.2 Å². The molecule has 1 nitrogen and oxygen atoms in total. The lowest BCUT2D eigenvalue weighted by atomic mass is 9.81. The molecule has 0 bridgehead atoms. The minimum atomic E-state index is -4.44. The fourth-order valence-electron chi connectivity index (χ4n) is 2.37. The average molecular weight is 275 g/mol. The van der Waals surface area contributed by atoms with E-state index in [1.54, 1.807) is 0 Å². The first-order valence-electron chi connectivity index (χ1n) is 6.49. The molecule has 2 rings (SSSR count). The van der Waals surface area contributed by atoms with Gasteiger partial charge in [-0.1, -0.05) is 19.3 Å². The fourth-order valence-corrected chi connectivity index (χ4v) is 2.37. The molecule has 1 saturated carbocycles. The molecule has 5 heteroatoms. The molecule has 1 fully saturated rings. The summed E-state index contributed by atoms with van der Waals surface area (Å²) in [6, 6.07) is 2.44. The van der Waals surface area contributed by atoms with Crippen molar-refractivity contribution >= 4 is 5.69 Å². The molecule has 19 heavy (non-hydrogen) atoms. The molecule has 1 aromatic rings. The third kappa shape index (κ3) is 3.61. The van der Waals surface area contributed by atoms with E-state index in [1.165, 1.54) is 6.42 Å². The summed E-state index contributed by atoms with van der Waals surface area (Å²) in [4.78, 5) is 0. The second-order valence-electron chi connectivity index (χ2n) is 5.27. The van der Waals surface area contributed by atoms with Crippen LogP contribution in [0.1, 0.15) is 38.2 Å². The molecular formula is C14H17F4N. The number of benzene rings is 1. The van der Waals surface area contributed by atoms with Gasteiger partial charge in [-0.15, -0.1) is 0 Å². The van der Waals surface area contributed by atoms with Gasteiger partial charge in [-0.25, -0.2) is 4.39 Å². The molecule has 1 unspecified atom stereocenters. The van der Waals surface area contributed by atoms with E-state index >= 15 is 0 Å². The molecule has 0 aliphatic heterocycles. The lowest BCUT2D eigenvalue weighted by Crippen LogP contribution is -2.24. The first kappa shape index (κ1) is 14.2. The van der Waals surface area contributed by atoms with Gasteiger partial charge in [0.1, 0.15) is 5.82 Å². The van der Waals surface area contributed by atoms with Crippen LogP contribution < -0.4 is 5.32 Å². The summed E-state index contributed by atoms with van der Waals surface area (Å²) >= 11 is 0. The average Bonchev–Trinajstić information content (AvgIpc) is 2.25. The Morgan fingerprint density at radius 2 is 2.00 bits per heavy atom. The Labute approximate surface area is 110 Å². The van der Waals surface area contributed by atoms with Crippen molar-refractivity contribution in [2.75, 3.05) is 5.32 Å². The van der Waals surface area contributed by atoms with Gasteiger partial charge in [0.25, 0.3) is 0 Å². The van der Waals surface area contributed by atoms with E-state index in [0.29, 0.717) is 5.92 Å². The highest BCUT2D eigenvalue weighted by atomic mass is 19.4. The van der Waals surface area contributed by atoms with E-state index < -0.39 is 17.6 Å². The molecule has 1 aliphatic carbocycles. The van der Waals surface area contributed by atoms with Crippen molar-refractivity contribution in [2.24, 2.45) is 5.92 Å². The minimum absolute atomic E-state index is 0.0247. The van der Waals surface area contributed by atoms with Crippen LogP contribution in [0.2, 0.25) is 0 Å². The van der Waals surface area contributed by atoms with E-state index in [4.69, 9.17) is 0 Å². The Morgan fingerprint density at radius 1 is 1.32 bits per heavy atom. The van der Waals surface area contributed by atoms with Crippen molar-refractivity contribution in [3.05, 3.63) is 29.6 Å². The van der Waals surface area contributed by atoms with E-state index in [1.807, 2.05) is 6.92 Å². The zero-order valence-electron chi connectivity index (χ0n) is 10.7. The van der Waals surface area contributed by atoms with Gasteiger partial charge in [-0.3, -0.25) is 0 Å². The summed E-state index contributed by atoms with van der Waals surface area (Å²) in [5.41, 5.74) is -0.895. The summed E-state index contributed by atoms with van der Waals surface area (Å²) in [6.07, 6.45) is -0.0273. The Bertz CT molecular complexity index is 438. The van der Waals surface area contributed by atoms with Crippen molar-refractivity contribution in [3.63, 3.8) is 0 Å². The Balaban J connectivity index is 2.05. The lowest BCUT2D eigenvalue weighted by molar-refractivity contribution is -0.137. The first-order valence-corrected chi connectivity index (χ1v) is 6.49. The van der Waals surface area contributed by atoms with Gasteiger partial charge in [0, 0.05) is 6.04 Å². The Morgan fingerprint density at radius 3 is 2.53 bits per heavy atom. The quantitative estimate of drug-likeness (QED) is 0.776. The predicted octanol–water partition coefficient (Wildman–Crippen LogP) is 4.84. The van der Waals surface area contributed by atoms with Gasteiger partial charge in [0.2, 0.25) is 0 Å². The van der Waals surface area contributed by atoms with Crippen molar-refractivity contribution < 1.29 is 17.6 Å². The smallest absolute Gasteiger partial charge is 0.380 e. The summed E-state index contributed by atoms with van der Waals surface area (Å²) < 4.78 is 51.2. The molecule has 0 heterocycles. The minimum Gasteiger partial charge on any atom is -0.380 e. The van der Waals surface area contributed by atoms with E-state index in [2.05, 4.69) is 5.32 Å². The highest BCUT2D eigenvalue weighted by Gasteiger charge is 2.31. The van der Waals surface area contributed by atoms with Gasteiger partial charge >= 0.3 is 6.18 Å². The molecule has 1 atom stereocenters. The molecule has 0 spiro atoms. The number of alkyl halides is 3. The predicted molar refractivity (Wildman–Crippen MR) is 66.4 cm³/mol. The normalized spacial score (nSPS) is 17.9. The fraction of sp³-hybridized carbons (Fsp3) is 0.571. The summed E-state index contributed by atoms with van der Waals surface area (Å²) in [6.45, 7) is 1.87. The molecule has 1 N–H and O–H groups in total. The molecule has 0 aromatic heterocycles. The lowest BCUT2D eigenvalue weighted by Gasteiger charge is -2.29. The van der Waals surface area contributed by atoms with Crippen LogP contribution in [0.25, 0.3) is 0 Å². The van der Waals surface area contributed by atoms with Crippen molar-refractivity contribution in [3.8, 4) is 0 Å². The van der Waals surface area contributed by atoms with Gasteiger partial charge in [-0.2, -0.15) is 13.2 Å². The topological polar surface area (TPSA) is 12.0 Å². The van der Waals surface area contributed by atoms with Gasteiger partial charge < -0.3 is 5.32 Å². The highest BCUT2D eigenvalue weighted by Crippen LogP contribution is 2.33. The number of rotatable bonds is 4. The van der Waals surface area contributed by atoms with E-state index in [0.717, 1.165) is 37.5 Å². The van der Waals surface area contributed by atoms with Gasteiger partial charge in [0.15, 0.2) is 0 Å². The number of nitrogens with one attached hydrogen (secondary N) is 1. The highest BCUT2D eigenvalue weighted by molar-refractivity contribution is 5.48. The standard InChI is InChI=1S/C14H17F4N/c1-9(7-10-3-2-4-10)19-13-8-11(14(16,17)18)5-6-12(13)15/h5-6,8-10,19H,2-4,7H2,1H3. The van der Waals surface area contributed by atoms with Crippen molar-refractivity contribution in [1.82, 2.24) is 0 Å². The molecule has 1 aliphatic rings. The molecule has 1 aromatic carbocycles. The Kier molecular flexibility index (Phi) is 4.02. The van der Waals surface area contributed by atoms with Crippen LogP contribution in [0.5, 0.6) is 0 Å². The number of halogens is 4. The molecule has 0 amide bonds. The number of anilines is 1. The zero-order chi connectivity index (χ0) is 14.0. The van der Waals surface area contributed by atoms with Gasteiger partial charge in [-0.05, 0) is 37.5 Å². The summed E-state index contributed by atoms with van der Waals surface area (Å²) in [5, 5.41) is 2.85. The van der Waals surface area contributed by atoms with Crippen LogP contribution in [-0.2, 0) is 6.18 Å². The van der Waals surface area contributed by atoms with Crippen molar-refractivity contribution in [1.29, 1.82) is 0 Å². The van der Waals surface area contributed by atoms with Crippen LogP contribution in [0, 0.1) is 11.7 Å². The maximum atomic E-state index is 13.5. The second kappa shape index (κ2) is 5.39. The summed E-state index contributed by atoms with van der Waals surface area (Å²) in [5.74, 6) is -0.0233. The molecule has 106 valence electrons. The van der Waals surface area contributed by atoms with Crippen molar-refractivity contribution in [2.45, 2.75) is 44.8 Å². The Hall–Kier alpha value is -1.26. The summed E-state index contributed by atoms with van der Waals surface area (Å²) in [7, 11) is 0. The largest absolute Gasteiger partial charge is 0.416 e. The maximum Gasteiger partial charge on any atom is 0.416 e. The van der Waals surface area contributed by atoms with Crippen LogP contribution in [-0.4, -0.2) is 6.04 Å². The number of hydrogen-bond acceptors (Lipinski definition) is 1. The monoisotopic (exact) mass is 275 g/mol.